The first-order chi connectivity index (χ1) is 18.9. The van der Waals surface area contributed by atoms with Crippen LogP contribution < -0.4 is 20.2 Å². The summed E-state index contributed by atoms with van der Waals surface area (Å²) in [6, 6.07) is 15.0. The maximum atomic E-state index is 12.6. The molecule has 4 rings (SSSR count). The van der Waals surface area contributed by atoms with Crippen molar-refractivity contribution in [1.29, 1.82) is 0 Å². The average Bonchev–Trinajstić information content (AvgIpc) is 3.29. The molecule has 1 aliphatic carbocycles. The molecule has 9 nitrogen and oxygen atoms in total. The van der Waals surface area contributed by atoms with Gasteiger partial charge in [0.1, 0.15) is 11.6 Å². The van der Waals surface area contributed by atoms with Crippen LogP contribution in [-0.2, 0) is 33.8 Å². The van der Waals surface area contributed by atoms with E-state index < -0.39 is 17.8 Å². The summed E-state index contributed by atoms with van der Waals surface area (Å²) in [4.78, 5) is 38.7. The van der Waals surface area contributed by atoms with E-state index in [0.717, 1.165) is 35.3 Å². The van der Waals surface area contributed by atoms with Crippen molar-refractivity contribution < 1.29 is 28.6 Å². The van der Waals surface area contributed by atoms with Crippen LogP contribution in [0.15, 0.2) is 53.6 Å². The molecule has 0 unspecified atom stereocenters. The van der Waals surface area contributed by atoms with Crippen molar-refractivity contribution in [2.75, 3.05) is 19.0 Å². The van der Waals surface area contributed by atoms with Gasteiger partial charge in [0.25, 0.3) is 0 Å². The van der Waals surface area contributed by atoms with Crippen molar-refractivity contribution in [1.82, 2.24) is 5.43 Å². The number of esters is 1. The number of carbonyl (C=O) groups excluding carboxylic acids is 3. The van der Waals surface area contributed by atoms with E-state index in [1.165, 1.54) is 24.7 Å². The first-order valence-corrected chi connectivity index (χ1v) is 13.5. The highest BCUT2D eigenvalue weighted by atomic mass is 32.1. The molecular formula is C29H31N3O6S. The summed E-state index contributed by atoms with van der Waals surface area (Å²) in [5.74, 6) is -0.838. The maximum absolute atomic E-state index is 12.6. The predicted molar refractivity (Wildman–Crippen MR) is 150 cm³/mol. The van der Waals surface area contributed by atoms with Crippen LogP contribution in [-0.4, -0.2) is 37.7 Å². The summed E-state index contributed by atoms with van der Waals surface area (Å²) in [6.45, 7) is 4.48. The smallest absolute Gasteiger partial charge is 0.341 e. The summed E-state index contributed by atoms with van der Waals surface area (Å²) in [5, 5.41) is 6.80. The zero-order valence-electron chi connectivity index (χ0n) is 22.1. The Morgan fingerprint density at radius 2 is 1.90 bits per heavy atom. The van der Waals surface area contributed by atoms with E-state index in [1.807, 2.05) is 30.3 Å². The van der Waals surface area contributed by atoms with Crippen LogP contribution in [0, 0.1) is 5.92 Å². The monoisotopic (exact) mass is 549 g/mol. The van der Waals surface area contributed by atoms with Gasteiger partial charge < -0.3 is 19.5 Å². The lowest BCUT2D eigenvalue weighted by Crippen LogP contribution is -2.32. The van der Waals surface area contributed by atoms with Gasteiger partial charge in [0.2, 0.25) is 0 Å². The van der Waals surface area contributed by atoms with Crippen LogP contribution in [0.3, 0.4) is 0 Å². The number of nitrogens with zero attached hydrogens (tertiary/aromatic N) is 1. The number of nitrogens with one attached hydrogen (secondary N) is 2. The zero-order valence-corrected chi connectivity index (χ0v) is 22.9. The number of amides is 2. The standard InChI is InChI=1S/C29H31N3O6S/c1-4-37-29(35)25-21-12-10-18(2)14-24(21)39-28(25)31-26(33)27(34)32-30-16-20-11-13-22(23(15-20)36-3)38-17-19-8-6-5-7-9-19/h5-9,11,13,15-16,18H,4,10,12,14,17H2,1-3H3,(H,31,33)(H,32,34)/b30-16-/t18-/m0/s1. The number of methoxy groups -OCH3 is 1. The molecular weight excluding hydrogens is 518 g/mol. The fourth-order valence-corrected chi connectivity index (χ4v) is 5.65. The van der Waals surface area contributed by atoms with Crippen LogP contribution in [0.25, 0.3) is 0 Å². The minimum absolute atomic E-state index is 0.216. The van der Waals surface area contributed by atoms with E-state index in [4.69, 9.17) is 14.2 Å². The molecule has 2 amide bonds. The van der Waals surface area contributed by atoms with Gasteiger partial charge in [-0.15, -0.1) is 11.3 Å². The number of ether oxygens (including phenoxy) is 3. The largest absolute Gasteiger partial charge is 0.493 e. The lowest BCUT2D eigenvalue weighted by atomic mass is 9.88. The first kappa shape index (κ1) is 27.8. The van der Waals surface area contributed by atoms with Crippen molar-refractivity contribution in [2.45, 2.75) is 39.7 Å². The maximum Gasteiger partial charge on any atom is 0.341 e. The molecule has 2 aromatic carbocycles. The van der Waals surface area contributed by atoms with Crippen molar-refractivity contribution in [3.63, 3.8) is 0 Å². The molecule has 0 spiro atoms. The van der Waals surface area contributed by atoms with Gasteiger partial charge in [-0.05, 0) is 67.0 Å². The summed E-state index contributed by atoms with van der Waals surface area (Å²) in [6.07, 6.45) is 3.89. The second-order valence-electron chi connectivity index (χ2n) is 9.11. The van der Waals surface area contributed by atoms with Crippen LogP contribution >= 0.6 is 11.3 Å². The summed E-state index contributed by atoms with van der Waals surface area (Å²) < 4.78 is 16.5. The Kier molecular flexibility index (Phi) is 9.32. The molecule has 0 bridgehead atoms. The quantitative estimate of drug-likeness (QED) is 0.173. The highest BCUT2D eigenvalue weighted by Gasteiger charge is 2.30. The molecule has 0 fully saturated rings. The fourth-order valence-electron chi connectivity index (χ4n) is 4.25. The van der Waals surface area contributed by atoms with E-state index >= 15 is 0 Å². The van der Waals surface area contributed by atoms with E-state index in [0.29, 0.717) is 40.2 Å². The van der Waals surface area contributed by atoms with Crippen molar-refractivity contribution in [3.8, 4) is 11.5 Å². The molecule has 0 saturated heterocycles. The lowest BCUT2D eigenvalue weighted by molar-refractivity contribution is -0.136. The summed E-state index contributed by atoms with van der Waals surface area (Å²) in [7, 11) is 1.53. The third-order valence-electron chi connectivity index (χ3n) is 6.23. The predicted octanol–water partition coefficient (Wildman–Crippen LogP) is 4.73. The van der Waals surface area contributed by atoms with Gasteiger partial charge in [-0.25, -0.2) is 10.2 Å². The number of rotatable bonds is 9. The molecule has 0 saturated carbocycles. The van der Waals surface area contributed by atoms with Gasteiger partial charge in [-0.3, -0.25) is 9.59 Å². The van der Waals surface area contributed by atoms with Gasteiger partial charge >= 0.3 is 17.8 Å². The highest BCUT2D eigenvalue weighted by molar-refractivity contribution is 7.17. The van der Waals surface area contributed by atoms with E-state index in [2.05, 4.69) is 22.8 Å². The molecule has 204 valence electrons. The Morgan fingerprint density at radius 3 is 2.64 bits per heavy atom. The normalized spacial score (nSPS) is 14.4. The Balaban J connectivity index is 1.38. The number of fused-ring (bicyclic) bond motifs is 1. The summed E-state index contributed by atoms with van der Waals surface area (Å²) >= 11 is 1.32. The van der Waals surface area contributed by atoms with E-state index in [9.17, 15) is 14.4 Å². The highest BCUT2D eigenvalue weighted by Crippen LogP contribution is 2.40. The first-order valence-electron chi connectivity index (χ1n) is 12.7. The third-order valence-corrected chi connectivity index (χ3v) is 7.40. The number of hydrazone groups is 1. The second-order valence-corrected chi connectivity index (χ2v) is 10.2. The SMILES string of the molecule is CCOC(=O)c1c(NC(=O)C(=O)N/N=C\c2ccc(OCc3ccccc3)c(OC)c2)sc2c1CC[C@H](C)C2. The van der Waals surface area contributed by atoms with Crippen molar-refractivity contribution in [3.05, 3.63) is 75.7 Å². The molecule has 1 aromatic heterocycles. The second kappa shape index (κ2) is 13.1. The number of carbonyl (C=O) groups is 3. The Hall–Kier alpha value is -4.18. The van der Waals surface area contributed by atoms with Gasteiger partial charge in [0.15, 0.2) is 11.5 Å². The average molecular weight is 550 g/mol. The van der Waals surface area contributed by atoms with E-state index in [1.54, 1.807) is 25.1 Å². The molecule has 1 heterocycles. The fraction of sp³-hybridized carbons (Fsp3) is 0.310. The molecule has 0 aliphatic heterocycles. The van der Waals surface area contributed by atoms with Gasteiger partial charge in [0.05, 0.1) is 25.5 Å². The van der Waals surface area contributed by atoms with Gasteiger partial charge in [0, 0.05) is 4.88 Å². The molecule has 10 heteroatoms. The van der Waals surface area contributed by atoms with Crippen molar-refractivity contribution >= 4 is 40.3 Å². The molecule has 3 aromatic rings. The van der Waals surface area contributed by atoms with Crippen LogP contribution in [0.1, 0.15) is 52.2 Å². The molecule has 39 heavy (non-hydrogen) atoms. The number of benzene rings is 2. The van der Waals surface area contributed by atoms with Crippen LogP contribution in [0.4, 0.5) is 5.00 Å². The van der Waals surface area contributed by atoms with Gasteiger partial charge in [-0.1, -0.05) is 37.3 Å². The number of anilines is 1. The van der Waals surface area contributed by atoms with Crippen molar-refractivity contribution in [2.24, 2.45) is 11.0 Å². The Bertz CT molecular complexity index is 1370. The molecule has 2 N–H and O–H groups in total. The van der Waals surface area contributed by atoms with Gasteiger partial charge in [-0.2, -0.15) is 5.10 Å². The minimum atomic E-state index is -0.962. The number of thiophene rings is 1. The zero-order chi connectivity index (χ0) is 27.8. The number of hydrogen-bond acceptors (Lipinski definition) is 8. The third kappa shape index (κ3) is 7.02. The van der Waals surface area contributed by atoms with Crippen LogP contribution in [0.5, 0.6) is 11.5 Å². The Morgan fingerprint density at radius 1 is 1.10 bits per heavy atom. The minimum Gasteiger partial charge on any atom is -0.493 e. The molecule has 0 radical (unpaired) electrons. The molecule has 1 aliphatic rings. The Labute approximate surface area is 231 Å². The number of hydrogen-bond donors (Lipinski definition) is 2. The lowest BCUT2D eigenvalue weighted by Gasteiger charge is -2.18. The van der Waals surface area contributed by atoms with E-state index in [-0.39, 0.29) is 6.61 Å². The topological polar surface area (TPSA) is 115 Å². The van der Waals surface area contributed by atoms with Crippen LogP contribution in [0.2, 0.25) is 0 Å². The molecule has 1 atom stereocenters. The summed E-state index contributed by atoms with van der Waals surface area (Å²) in [5.41, 5.74) is 5.12.